The summed E-state index contributed by atoms with van der Waals surface area (Å²) in [5.74, 6) is -1.42. The Morgan fingerprint density at radius 2 is 1.89 bits per heavy atom. The Morgan fingerprint density at radius 1 is 1.09 bits per heavy atom. The molecule has 1 aromatic heterocycles. The molecule has 44 heavy (non-hydrogen) atoms. The van der Waals surface area contributed by atoms with E-state index in [1.807, 2.05) is 36.4 Å². The highest BCUT2D eigenvalue weighted by atomic mass is 16.6. The van der Waals surface area contributed by atoms with E-state index in [2.05, 4.69) is 6.92 Å². The summed E-state index contributed by atoms with van der Waals surface area (Å²) in [6.07, 6.45) is 4.61. The van der Waals surface area contributed by atoms with Gasteiger partial charge in [-0.1, -0.05) is 43.3 Å². The maximum absolute atomic E-state index is 14.0. The molecule has 4 saturated carbocycles. The van der Waals surface area contributed by atoms with Crippen LogP contribution >= 0.6 is 0 Å². The first kappa shape index (κ1) is 27.9. The van der Waals surface area contributed by atoms with Crippen LogP contribution in [0.25, 0.3) is 5.57 Å². The molecule has 6 aliphatic rings. The van der Waals surface area contributed by atoms with E-state index in [4.69, 9.17) is 13.9 Å². The minimum Gasteiger partial charge on any atom is -0.457 e. The molecule has 0 radical (unpaired) electrons. The summed E-state index contributed by atoms with van der Waals surface area (Å²) in [6, 6.07) is 12.5. The SMILES string of the molecule is CO[C@H]1C[C@@]23CC4C[C@]4([C@H](OC(=O)c4ccco4)C[C@@H](C4=CCN5C(O)C=C(c6ccccc6)C(=O)N5C4)[C@@H]2C)[C@]3(O)C1=O. The number of Topliss-reactive ketones (excluding diaryl/α,β-unsaturated/α-hetero) is 1. The zero-order chi connectivity index (χ0) is 30.6. The average molecular weight is 601 g/mol. The van der Waals surface area contributed by atoms with Gasteiger partial charge in [-0.15, -0.1) is 0 Å². The number of ether oxygens (including phenoxy) is 2. The van der Waals surface area contributed by atoms with Crippen molar-refractivity contribution < 1.29 is 38.5 Å². The Bertz CT molecular complexity index is 1600. The largest absolute Gasteiger partial charge is 0.457 e. The van der Waals surface area contributed by atoms with Gasteiger partial charge in [0.15, 0.2) is 5.78 Å². The maximum Gasteiger partial charge on any atom is 0.374 e. The highest BCUT2D eigenvalue weighted by molar-refractivity contribution is 6.20. The molecule has 1 aromatic carbocycles. The summed E-state index contributed by atoms with van der Waals surface area (Å²) in [5.41, 5.74) is -1.22. The Hall–Kier alpha value is -3.57. The molecule has 2 unspecified atom stereocenters. The molecular formula is C34H36N2O8. The number of furan rings is 1. The van der Waals surface area contributed by atoms with Crippen molar-refractivity contribution in [1.29, 1.82) is 0 Å². The molecule has 0 saturated heterocycles. The summed E-state index contributed by atoms with van der Waals surface area (Å²) < 4.78 is 17.2. The first-order valence-corrected chi connectivity index (χ1v) is 15.4. The Labute approximate surface area is 254 Å². The molecule has 10 nitrogen and oxygen atoms in total. The van der Waals surface area contributed by atoms with Crippen LogP contribution in [0.3, 0.4) is 0 Å². The number of ketones is 1. The van der Waals surface area contributed by atoms with Gasteiger partial charge in [0.05, 0.1) is 12.8 Å². The zero-order valence-corrected chi connectivity index (χ0v) is 24.7. The van der Waals surface area contributed by atoms with Gasteiger partial charge in [0.2, 0.25) is 5.76 Å². The van der Waals surface area contributed by atoms with Crippen molar-refractivity contribution >= 4 is 23.2 Å². The van der Waals surface area contributed by atoms with Crippen LogP contribution in [0.2, 0.25) is 0 Å². The number of fused-ring (bicyclic) bond motifs is 1. The molecule has 230 valence electrons. The lowest BCUT2D eigenvalue weighted by Crippen LogP contribution is -2.58. The van der Waals surface area contributed by atoms with Crippen molar-refractivity contribution in [2.45, 2.75) is 56.6 Å². The van der Waals surface area contributed by atoms with Gasteiger partial charge in [0.25, 0.3) is 5.91 Å². The monoisotopic (exact) mass is 600 g/mol. The summed E-state index contributed by atoms with van der Waals surface area (Å²) in [7, 11) is 1.50. The van der Waals surface area contributed by atoms with E-state index in [1.54, 1.807) is 28.2 Å². The van der Waals surface area contributed by atoms with Crippen molar-refractivity contribution in [3.63, 3.8) is 0 Å². The van der Waals surface area contributed by atoms with Crippen LogP contribution < -0.4 is 0 Å². The van der Waals surface area contributed by atoms with Crippen LogP contribution in [0.5, 0.6) is 0 Å². The number of hydrogen-bond donors (Lipinski definition) is 2. The second-order valence-corrected chi connectivity index (χ2v) is 13.4. The smallest absolute Gasteiger partial charge is 0.374 e. The molecule has 3 heterocycles. The highest BCUT2D eigenvalue weighted by Crippen LogP contribution is 2.83. The molecule has 1 spiro atoms. The number of carbonyl (C=O) groups is 3. The Morgan fingerprint density at radius 3 is 2.61 bits per heavy atom. The number of nitrogens with zero attached hydrogens (tertiary/aromatic N) is 2. The van der Waals surface area contributed by atoms with Crippen LogP contribution in [0, 0.1) is 28.6 Å². The number of aliphatic hydroxyl groups is 2. The number of aliphatic hydroxyl groups excluding tert-OH is 1. The van der Waals surface area contributed by atoms with Gasteiger partial charge in [-0.25, -0.2) is 4.79 Å². The van der Waals surface area contributed by atoms with E-state index in [9.17, 15) is 24.6 Å². The summed E-state index contributed by atoms with van der Waals surface area (Å²) >= 11 is 0. The Kier molecular flexibility index (Phi) is 6.01. The fraction of sp³-hybridized carbons (Fsp3) is 0.500. The Balaban J connectivity index is 1.18. The second kappa shape index (κ2) is 9.47. The van der Waals surface area contributed by atoms with Crippen molar-refractivity contribution in [2.24, 2.45) is 28.6 Å². The van der Waals surface area contributed by atoms with Crippen LogP contribution in [0.4, 0.5) is 0 Å². The quantitative estimate of drug-likeness (QED) is 0.393. The maximum atomic E-state index is 14.0. The van der Waals surface area contributed by atoms with Gasteiger partial charge >= 0.3 is 5.97 Å². The molecule has 2 N–H and O–H groups in total. The van der Waals surface area contributed by atoms with Crippen molar-refractivity contribution in [3.05, 3.63) is 77.8 Å². The molecule has 8 rings (SSSR count). The number of hydrogen-bond acceptors (Lipinski definition) is 9. The van der Waals surface area contributed by atoms with Crippen molar-refractivity contribution in [2.75, 3.05) is 20.2 Å². The lowest BCUT2D eigenvalue weighted by molar-refractivity contribution is -0.166. The second-order valence-electron chi connectivity index (χ2n) is 13.4. The van der Waals surface area contributed by atoms with Crippen LogP contribution in [-0.4, -0.2) is 82.1 Å². The number of benzene rings is 1. The van der Waals surface area contributed by atoms with Gasteiger partial charge in [-0.2, -0.15) is 5.01 Å². The lowest BCUT2D eigenvalue weighted by Gasteiger charge is -2.48. The highest BCUT2D eigenvalue weighted by Gasteiger charge is 2.89. The number of methoxy groups -OCH3 is 1. The van der Waals surface area contributed by atoms with Gasteiger partial charge in [-0.3, -0.25) is 14.6 Å². The van der Waals surface area contributed by atoms with E-state index in [0.29, 0.717) is 37.8 Å². The third kappa shape index (κ3) is 3.42. The number of esters is 1. The topological polar surface area (TPSA) is 130 Å². The minimum absolute atomic E-state index is 0.0558. The van der Waals surface area contributed by atoms with Crippen LogP contribution in [0.15, 0.2) is 70.9 Å². The van der Waals surface area contributed by atoms with Gasteiger partial charge in [0.1, 0.15) is 24.0 Å². The molecule has 1 amide bonds. The predicted octanol–water partition coefficient (Wildman–Crippen LogP) is 2.98. The normalized spacial score (nSPS) is 40.9. The standard InChI is InChI=1S/C34H36N2O8/c1-19-23(21-10-11-35-28(37)14-24(30(39)36(35)18-21)20-7-4-3-5-8-20)13-27(44-31(40)25-9-6-12-43-25)33-16-22(33)15-32(19)17-26(42-2)29(38)34(32,33)41/h3-10,12,14,19,22-23,26-28,37,41H,11,13,15-18H2,1-2H3/t19-,22?,23+,26-,27+,28?,32-,33-,34-/m0/s1. The lowest BCUT2D eigenvalue weighted by atomic mass is 9.60. The van der Waals surface area contributed by atoms with Crippen LogP contribution in [-0.2, 0) is 19.1 Å². The van der Waals surface area contributed by atoms with Crippen molar-refractivity contribution in [1.82, 2.24) is 10.0 Å². The molecule has 2 aromatic rings. The predicted molar refractivity (Wildman–Crippen MR) is 155 cm³/mol. The fourth-order valence-corrected chi connectivity index (χ4v) is 9.84. The molecule has 2 bridgehead atoms. The number of amides is 1. The molecule has 9 atom stereocenters. The third-order valence-corrected chi connectivity index (χ3v) is 12.0. The van der Waals surface area contributed by atoms with Gasteiger partial charge < -0.3 is 24.1 Å². The minimum atomic E-state index is -1.70. The van der Waals surface area contributed by atoms with Gasteiger partial charge in [0, 0.05) is 30.1 Å². The molecular weight excluding hydrogens is 564 g/mol. The zero-order valence-electron chi connectivity index (χ0n) is 24.7. The van der Waals surface area contributed by atoms with Crippen molar-refractivity contribution in [3.8, 4) is 0 Å². The fourth-order valence-electron chi connectivity index (χ4n) is 9.84. The van der Waals surface area contributed by atoms with E-state index in [-0.39, 0.29) is 41.7 Å². The molecule has 4 aliphatic carbocycles. The first-order valence-electron chi connectivity index (χ1n) is 15.4. The summed E-state index contributed by atoms with van der Waals surface area (Å²) in [6.45, 7) is 2.64. The summed E-state index contributed by atoms with van der Waals surface area (Å²) in [4.78, 5) is 41.2. The van der Waals surface area contributed by atoms with E-state index in [0.717, 1.165) is 11.1 Å². The van der Waals surface area contributed by atoms with E-state index >= 15 is 0 Å². The third-order valence-electron chi connectivity index (χ3n) is 12.0. The molecule has 10 heteroatoms. The van der Waals surface area contributed by atoms with E-state index in [1.165, 1.54) is 13.4 Å². The average Bonchev–Trinajstić information content (AvgIpc) is 3.31. The number of hydrazine groups is 1. The van der Waals surface area contributed by atoms with Gasteiger partial charge in [-0.05, 0) is 72.8 Å². The first-order chi connectivity index (χ1) is 21.2. The van der Waals surface area contributed by atoms with E-state index < -0.39 is 40.8 Å². The number of carbonyl (C=O) groups excluding carboxylic acids is 3. The summed E-state index contributed by atoms with van der Waals surface area (Å²) in [5, 5.41) is 27.0. The molecule has 4 fully saturated rings. The molecule has 2 aliphatic heterocycles. The number of rotatable bonds is 5. The van der Waals surface area contributed by atoms with Crippen LogP contribution in [0.1, 0.15) is 48.7 Å².